The first-order chi connectivity index (χ1) is 10.1. The van der Waals surface area contributed by atoms with Crippen LogP contribution in [0.4, 0.5) is 8.78 Å². The SMILES string of the molecule is Fc1ccc(F)c([C@@H](c2ccc(Cl)s2)N2CCNCC2)c1. The van der Waals surface area contributed by atoms with Crippen LogP contribution in [0, 0.1) is 11.6 Å². The molecule has 112 valence electrons. The van der Waals surface area contributed by atoms with Gasteiger partial charge in [0, 0.05) is 36.6 Å². The van der Waals surface area contributed by atoms with Gasteiger partial charge in [-0.25, -0.2) is 8.78 Å². The molecule has 0 saturated carbocycles. The number of thiophene rings is 1. The molecule has 1 aromatic carbocycles. The summed E-state index contributed by atoms with van der Waals surface area (Å²) in [5.74, 6) is -0.807. The maximum absolute atomic E-state index is 14.2. The highest BCUT2D eigenvalue weighted by molar-refractivity contribution is 7.16. The topological polar surface area (TPSA) is 15.3 Å². The Morgan fingerprint density at radius 3 is 2.57 bits per heavy atom. The van der Waals surface area contributed by atoms with Gasteiger partial charge in [0.25, 0.3) is 0 Å². The summed E-state index contributed by atoms with van der Waals surface area (Å²) in [7, 11) is 0. The molecule has 2 aromatic rings. The predicted octanol–water partition coefficient (Wildman–Crippen LogP) is 3.67. The molecule has 0 radical (unpaired) electrons. The highest BCUT2D eigenvalue weighted by Gasteiger charge is 2.27. The first-order valence-corrected chi connectivity index (χ1v) is 7.99. The minimum absolute atomic E-state index is 0.291. The molecule has 0 unspecified atom stereocenters. The van der Waals surface area contributed by atoms with Crippen molar-refractivity contribution in [3.63, 3.8) is 0 Å². The van der Waals surface area contributed by atoms with Crippen LogP contribution in [0.1, 0.15) is 16.5 Å². The molecule has 21 heavy (non-hydrogen) atoms. The van der Waals surface area contributed by atoms with E-state index in [1.54, 1.807) is 6.07 Å². The highest BCUT2D eigenvalue weighted by Crippen LogP contribution is 2.36. The Morgan fingerprint density at radius 2 is 1.90 bits per heavy atom. The van der Waals surface area contributed by atoms with Crippen molar-refractivity contribution in [1.82, 2.24) is 10.2 Å². The number of hydrogen-bond donors (Lipinski definition) is 1. The van der Waals surface area contributed by atoms with E-state index in [0.29, 0.717) is 9.90 Å². The van der Waals surface area contributed by atoms with Gasteiger partial charge < -0.3 is 5.32 Å². The summed E-state index contributed by atoms with van der Waals surface area (Å²) in [6.07, 6.45) is 0. The van der Waals surface area contributed by atoms with Crippen LogP contribution in [0.2, 0.25) is 4.34 Å². The fourth-order valence-corrected chi connectivity index (χ4v) is 3.88. The van der Waals surface area contributed by atoms with Crippen LogP contribution in [0.25, 0.3) is 0 Å². The van der Waals surface area contributed by atoms with Gasteiger partial charge in [-0.05, 0) is 30.3 Å². The zero-order chi connectivity index (χ0) is 14.8. The Morgan fingerprint density at radius 1 is 1.14 bits per heavy atom. The standard InChI is InChI=1S/C15H15ClF2N2S/c16-14-4-3-13(21-14)15(20-7-5-19-6-8-20)11-9-10(17)1-2-12(11)18/h1-4,9,15,19H,5-8H2/t15-/m0/s1. The third-order valence-corrected chi connectivity index (χ3v) is 4.92. The van der Waals surface area contributed by atoms with Crippen molar-refractivity contribution in [3.8, 4) is 0 Å². The molecule has 1 aromatic heterocycles. The van der Waals surface area contributed by atoms with Gasteiger partial charge in [-0.1, -0.05) is 11.6 Å². The van der Waals surface area contributed by atoms with Gasteiger partial charge in [0.05, 0.1) is 10.4 Å². The smallest absolute Gasteiger partial charge is 0.128 e. The minimum Gasteiger partial charge on any atom is -0.314 e. The van der Waals surface area contributed by atoms with E-state index >= 15 is 0 Å². The van der Waals surface area contributed by atoms with Crippen LogP contribution < -0.4 is 5.32 Å². The Kier molecular flexibility index (Phi) is 4.54. The molecule has 0 aliphatic carbocycles. The Balaban J connectivity index is 2.04. The normalized spacial score (nSPS) is 17.9. The maximum atomic E-state index is 14.2. The summed E-state index contributed by atoms with van der Waals surface area (Å²) in [6, 6.07) is 7.03. The molecule has 1 aliphatic heterocycles. The molecule has 2 nitrogen and oxygen atoms in total. The average molecular weight is 329 g/mol. The van der Waals surface area contributed by atoms with Crippen molar-refractivity contribution < 1.29 is 8.78 Å². The van der Waals surface area contributed by atoms with Crippen LogP contribution in [-0.2, 0) is 0 Å². The number of nitrogens with zero attached hydrogens (tertiary/aromatic N) is 1. The summed E-state index contributed by atoms with van der Waals surface area (Å²) >= 11 is 7.43. The van der Waals surface area contributed by atoms with E-state index in [0.717, 1.165) is 37.1 Å². The third kappa shape index (κ3) is 3.26. The lowest BCUT2D eigenvalue weighted by atomic mass is 10.0. The number of rotatable bonds is 3. The second-order valence-corrected chi connectivity index (χ2v) is 6.74. The van der Waals surface area contributed by atoms with Gasteiger partial charge >= 0.3 is 0 Å². The van der Waals surface area contributed by atoms with E-state index in [1.165, 1.54) is 23.5 Å². The number of piperazine rings is 1. The summed E-state index contributed by atoms with van der Waals surface area (Å²) in [6.45, 7) is 3.26. The van der Waals surface area contributed by atoms with Crippen molar-refractivity contribution >= 4 is 22.9 Å². The van der Waals surface area contributed by atoms with E-state index in [9.17, 15) is 8.78 Å². The van der Waals surface area contributed by atoms with Crippen molar-refractivity contribution in [2.45, 2.75) is 6.04 Å². The second kappa shape index (κ2) is 6.40. The third-order valence-electron chi connectivity index (χ3n) is 3.63. The molecule has 0 amide bonds. The van der Waals surface area contributed by atoms with Crippen LogP contribution in [-0.4, -0.2) is 31.1 Å². The fourth-order valence-electron chi connectivity index (χ4n) is 2.67. The largest absolute Gasteiger partial charge is 0.314 e. The molecule has 6 heteroatoms. The van der Waals surface area contributed by atoms with E-state index in [4.69, 9.17) is 11.6 Å². The van der Waals surface area contributed by atoms with E-state index in [-0.39, 0.29) is 11.9 Å². The molecule has 0 bridgehead atoms. The lowest BCUT2D eigenvalue weighted by Crippen LogP contribution is -2.45. The fraction of sp³-hybridized carbons (Fsp3) is 0.333. The number of benzene rings is 1. The predicted molar refractivity (Wildman–Crippen MR) is 82.0 cm³/mol. The van der Waals surface area contributed by atoms with E-state index < -0.39 is 5.82 Å². The van der Waals surface area contributed by atoms with Crippen LogP contribution >= 0.6 is 22.9 Å². The van der Waals surface area contributed by atoms with Gasteiger partial charge in [-0.2, -0.15) is 0 Å². The quantitative estimate of drug-likeness (QED) is 0.924. The second-order valence-electron chi connectivity index (χ2n) is 5.00. The molecule has 2 heterocycles. The number of nitrogens with one attached hydrogen (secondary N) is 1. The van der Waals surface area contributed by atoms with E-state index in [1.807, 2.05) is 6.07 Å². The minimum atomic E-state index is -0.422. The Labute approximate surface area is 131 Å². The van der Waals surface area contributed by atoms with Crippen molar-refractivity contribution in [3.05, 3.63) is 56.7 Å². The lowest BCUT2D eigenvalue weighted by molar-refractivity contribution is 0.197. The summed E-state index contributed by atoms with van der Waals surface area (Å²) < 4.78 is 28.5. The Bertz CT molecular complexity index is 626. The molecule has 1 N–H and O–H groups in total. The summed E-state index contributed by atoms with van der Waals surface area (Å²) in [4.78, 5) is 3.10. The van der Waals surface area contributed by atoms with Gasteiger partial charge in [0.1, 0.15) is 11.6 Å². The van der Waals surface area contributed by atoms with Gasteiger partial charge in [0.15, 0.2) is 0 Å². The van der Waals surface area contributed by atoms with Crippen molar-refractivity contribution in [2.24, 2.45) is 0 Å². The molecule has 1 fully saturated rings. The first-order valence-electron chi connectivity index (χ1n) is 6.80. The molecule has 0 spiro atoms. The van der Waals surface area contributed by atoms with Gasteiger partial charge in [-0.15, -0.1) is 11.3 Å². The van der Waals surface area contributed by atoms with Gasteiger partial charge in [-0.3, -0.25) is 4.90 Å². The zero-order valence-corrected chi connectivity index (χ0v) is 12.9. The van der Waals surface area contributed by atoms with Crippen LogP contribution in [0.3, 0.4) is 0 Å². The molecule has 1 atom stereocenters. The zero-order valence-electron chi connectivity index (χ0n) is 11.3. The molecule has 1 saturated heterocycles. The Hall–Kier alpha value is -1.01. The summed E-state index contributed by atoms with van der Waals surface area (Å²) in [5, 5.41) is 3.27. The number of halogens is 3. The van der Waals surface area contributed by atoms with E-state index in [2.05, 4.69) is 10.2 Å². The lowest BCUT2D eigenvalue weighted by Gasteiger charge is -2.34. The first kappa shape index (κ1) is 14.9. The average Bonchev–Trinajstić information content (AvgIpc) is 2.90. The number of hydrogen-bond acceptors (Lipinski definition) is 3. The molecule has 3 rings (SSSR count). The molecular formula is C15H15ClF2N2S. The highest BCUT2D eigenvalue weighted by atomic mass is 35.5. The monoisotopic (exact) mass is 328 g/mol. The molecule has 1 aliphatic rings. The van der Waals surface area contributed by atoms with Crippen molar-refractivity contribution in [2.75, 3.05) is 26.2 Å². The maximum Gasteiger partial charge on any atom is 0.128 e. The molecular weight excluding hydrogens is 314 g/mol. The van der Waals surface area contributed by atoms with Crippen molar-refractivity contribution in [1.29, 1.82) is 0 Å². The van der Waals surface area contributed by atoms with Gasteiger partial charge in [0.2, 0.25) is 0 Å². The van der Waals surface area contributed by atoms with Crippen LogP contribution in [0.5, 0.6) is 0 Å². The van der Waals surface area contributed by atoms with Crippen LogP contribution in [0.15, 0.2) is 30.3 Å². The summed E-state index contributed by atoms with van der Waals surface area (Å²) in [5.41, 5.74) is 0.371.